The number of nitrogens with zero attached hydrogens (tertiary/aromatic N) is 3. The van der Waals surface area contributed by atoms with Crippen molar-refractivity contribution in [1.82, 2.24) is 10.2 Å². The number of hydrogen-bond donors (Lipinski definition) is 6. The number of aliphatic imine (C=N–C) groups is 1. The Balaban J connectivity index is 2.08. The van der Waals surface area contributed by atoms with Crippen molar-refractivity contribution in [3.05, 3.63) is 5.21 Å². The molecule has 12 nitrogen and oxygen atoms in total. The van der Waals surface area contributed by atoms with E-state index in [-0.39, 0.29) is 24.9 Å². The standard InChI is InChI=1S/C10H17N7O5/c11-6-14-5-4(3-22-8(13)18)17(21)7(12)16-2-1-9(19,20)10(5,16)15-6/h4-5,19-20H,1-3,12H2,(H2,13,18)(H3,11,14,15). The van der Waals surface area contributed by atoms with Crippen molar-refractivity contribution < 1.29 is 24.5 Å². The number of hydrogen-bond acceptors (Lipinski definition) is 10. The molecule has 22 heavy (non-hydrogen) atoms. The second-order valence-corrected chi connectivity index (χ2v) is 5.45. The van der Waals surface area contributed by atoms with Crippen LogP contribution >= 0.6 is 0 Å². The van der Waals surface area contributed by atoms with Crippen molar-refractivity contribution in [3.63, 3.8) is 0 Å². The first-order chi connectivity index (χ1) is 10.2. The lowest BCUT2D eigenvalue weighted by Crippen LogP contribution is -2.79. The summed E-state index contributed by atoms with van der Waals surface area (Å²) >= 11 is 0. The molecule has 1 saturated heterocycles. The summed E-state index contributed by atoms with van der Waals surface area (Å²) in [6, 6.07) is -2.12. The number of amides is 1. The first-order valence-electron chi connectivity index (χ1n) is 6.55. The molecule has 3 unspecified atom stereocenters. The highest BCUT2D eigenvalue weighted by Gasteiger charge is 2.73. The quantitative estimate of drug-likeness (QED) is 0.165. The molecule has 0 aromatic heterocycles. The topological polar surface area (TPSA) is 199 Å². The van der Waals surface area contributed by atoms with Crippen LogP contribution in [0, 0.1) is 5.21 Å². The summed E-state index contributed by atoms with van der Waals surface area (Å²) in [5.41, 5.74) is 14.8. The summed E-state index contributed by atoms with van der Waals surface area (Å²) in [7, 11) is 0. The molecule has 0 saturated carbocycles. The van der Waals surface area contributed by atoms with E-state index in [1.54, 1.807) is 0 Å². The molecule has 0 aromatic rings. The zero-order chi connectivity index (χ0) is 16.3. The highest BCUT2D eigenvalue weighted by Crippen LogP contribution is 2.44. The van der Waals surface area contributed by atoms with E-state index < -0.39 is 36.2 Å². The molecule has 3 heterocycles. The lowest BCUT2D eigenvalue weighted by Gasteiger charge is -2.47. The molecule has 9 N–H and O–H groups in total. The van der Waals surface area contributed by atoms with Crippen LogP contribution in [-0.4, -0.2) is 74.5 Å². The van der Waals surface area contributed by atoms with Gasteiger partial charge in [-0.1, -0.05) is 0 Å². The Morgan fingerprint density at radius 1 is 1.59 bits per heavy atom. The predicted octanol–water partition coefficient (Wildman–Crippen LogP) is -4.34. The number of aliphatic hydroxyl groups is 2. The fourth-order valence-electron chi connectivity index (χ4n) is 3.36. The summed E-state index contributed by atoms with van der Waals surface area (Å²) in [6.45, 7) is -0.304. The maximum atomic E-state index is 12.3. The molecule has 1 fully saturated rings. The summed E-state index contributed by atoms with van der Waals surface area (Å²) in [5, 5.41) is 35.8. The summed E-state index contributed by atoms with van der Waals surface area (Å²) in [6.07, 6.45) is -1.14. The molecule has 1 amide bonds. The third-order valence-corrected chi connectivity index (χ3v) is 4.31. The van der Waals surface area contributed by atoms with E-state index in [0.717, 1.165) is 0 Å². The van der Waals surface area contributed by atoms with Gasteiger partial charge in [0.25, 0.3) is 0 Å². The molecule has 122 valence electrons. The Kier molecular flexibility index (Phi) is 2.81. The summed E-state index contributed by atoms with van der Waals surface area (Å²) < 4.78 is 5.08. The van der Waals surface area contributed by atoms with E-state index in [4.69, 9.17) is 17.2 Å². The molecule has 3 aliphatic rings. The average molecular weight is 315 g/mol. The Bertz CT molecular complexity index is 590. The maximum Gasteiger partial charge on any atom is 0.404 e. The highest BCUT2D eigenvalue weighted by atomic mass is 16.6. The van der Waals surface area contributed by atoms with Crippen molar-refractivity contribution in [2.45, 2.75) is 30.0 Å². The second kappa shape index (κ2) is 4.27. The lowest BCUT2D eigenvalue weighted by molar-refractivity contribution is -0.529. The first kappa shape index (κ1) is 14.5. The molecule has 0 aromatic carbocycles. The molecular weight excluding hydrogens is 298 g/mol. The van der Waals surface area contributed by atoms with Gasteiger partial charge in [-0.05, 0) is 0 Å². The van der Waals surface area contributed by atoms with Gasteiger partial charge in [0.1, 0.15) is 12.6 Å². The van der Waals surface area contributed by atoms with E-state index in [1.807, 2.05) is 0 Å². The molecule has 0 radical (unpaired) electrons. The fourth-order valence-corrected chi connectivity index (χ4v) is 3.36. The van der Waals surface area contributed by atoms with Gasteiger partial charge in [0.2, 0.25) is 11.4 Å². The number of hydroxylamine groups is 1. The van der Waals surface area contributed by atoms with Gasteiger partial charge in [-0.25, -0.2) is 14.7 Å². The van der Waals surface area contributed by atoms with Crippen LogP contribution in [0.4, 0.5) is 4.79 Å². The van der Waals surface area contributed by atoms with Crippen LogP contribution in [0.5, 0.6) is 0 Å². The van der Waals surface area contributed by atoms with Gasteiger partial charge in [-0.15, -0.1) is 0 Å². The number of guanidine groups is 2. The SMILES string of the molecule is NC(=O)OCC1C2N=C(N)NC23N(CCC3(O)O)C(N)=[N+]1[O-]. The zero-order valence-electron chi connectivity index (χ0n) is 11.5. The molecule has 3 aliphatic heterocycles. The Hall–Kier alpha value is -2.47. The Morgan fingerprint density at radius 3 is 2.91 bits per heavy atom. The molecule has 0 bridgehead atoms. The van der Waals surface area contributed by atoms with Crippen LogP contribution in [0.1, 0.15) is 6.42 Å². The average Bonchev–Trinajstić information content (AvgIpc) is 2.89. The van der Waals surface area contributed by atoms with Gasteiger partial charge in [0, 0.05) is 6.42 Å². The minimum atomic E-state index is -2.24. The van der Waals surface area contributed by atoms with Gasteiger partial charge >= 0.3 is 12.1 Å². The van der Waals surface area contributed by atoms with E-state index >= 15 is 0 Å². The van der Waals surface area contributed by atoms with Crippen LogP contribution in [0.15, 0.2) is 4.99 Å². The van der Waals surface area contributed by atoms with Crippen molar-refractivity contribution in [1.29, 1.82) is 0 Å². The van der Waals surface area contributed by atoms with E-state index in [1.165, 1.54) is 4.90 Å². The Labute approximate surface area is 124 Å². The van der Waals surface area contributed by atoms with Crippen LogP contribution in [-0.2, 0) is 4.74 Å². The smallest absolute Gasteiger partial charge is 0.404 e. The van der Waals surface area contributed by atoms with Gasteiger partial charge in [0.05, 0.1) is 6.54 Å². The number of nitrogens with two attached hydrogens (primary N) is 3. The number of carbonyl (C=O) groups excluding carboxylic acids is 1. The molecule has 12 heteroatoms. The van der Waals surface area contributed by atoms with Crippen molar-refractivity contribution in [2.24, 2.45) is 22.2 Å². The maximum absolute atomic E-state index is 12.3. The van der Waals surface area contributed by atoms with E-state index in [0.29, 0.717) is 4.74 Å². The Morgan fingerprint density at radius 2 is 2.27 bits per heavy atom. The molecular formula is C10H17N7O5. The monoisotopic (exact) mass is 315 g/mol. The molecule has 0 aliphatic carbocycles. The fraction of sp³-hybridized carbons (Fsp3) is 0.700. The normalized spacial score (nSPS) is 35.5. The number of primary amides is 1. The first-order valence-corrected chi connectivity index (χ1v) is 6.55. The molecule has 1 spiro atoms. The van der Waals surface area contributed by atoms with Gasteiger partial charge < -0.3 is 36.9 Å². The zero-order valence-corrected chi connectivity index (χ0v) is 11.5. The minimum absolute atomic E-state index is 0.0722. The highest BCUT2D eigenvalue weighted by molar-refractivity contribution is 5.85. The molecule has 3 atom stereocenters. The van der Waals surface area contributed by atoms with Crippen LogP contribution in [0.3, 0.4) is 0 Å². The van der Waals surface area contributed by atoms with Gasteiger partial charge in [-0.3, -0.25) is 10.5 Å². The third kappa shape index (κ3) is 1.61. The van der Waals surface area contributed by atoms with Gasteiger partial charge in [0.15, 0.2) is 12.0 Å². The van der Waals surface area contributed by atoms with E-state index in [9.17, 15) is 20.2 Å². The number of rotatable bonds is 2. The largest absolute Gasteiger partial charge is 0.744 e. The predicted molar refractivity (Wildman–Crippen MR) is 71.9 cm³/mol. The summed E-state index contributed by atoms with van der Waals surface area (Å²) in [5.74, 6) is -2.56. The van der Waals surface area contributed by atoms with E-state index in [2.05, 4.69) is 15.0 Å². The number of ether oxygens (including phenoxy) is 1. The van der Waals surface area contributed by atoms with Crippen molar-refractivity contribution >= 4 is 18.0 Å². The third-order valence-electron chi connectivity index (χ3n) is 4.31. The number of nitrogens with one attached hydrogen (secondary N) is 1. The van der Waals surface area contributed by atoms with Gasteiger partial charge in [-0.2, -0.15) is 0 Å². The van der Waals surface area contributed by atoms with Crippen LogP contribution in [0.25, 0.3) is 0 Å². The van der Waals surface area contributed by atoms with Crippen molar-refractivity contribution in [2.75, 3.05) is 13.2 Å². The lowest BCUT2D eigenvalue weighted by atomic mass is 9.86. The van der Waals surface area contributed by atoms with Crippen LogP contribution in [0.2, 0.25) is 0 Å². The molecule has 3 rings (SSSR count). The minimum Gasteiger partial charge on any atom is -0.744 e. The van der Waals surface area contributed by atoms with Crippen molar-refractivity contribution in [3.8, 4) is 0 Å². The number of carbonyl (C=O) groups is 1. The van der Waals surface area contributed by atoms with Crippen LogP contribution < -0.4 is 22.5 Å². The second-order valence-electron chi connectivity index (χ2n) is 5.45. The summed E-state index contributed by atoms with van der Waals surface area (Å²) in [4.78, 5) is 16.2.